The molecule has 7 nitrogen and oxygen atoms in total. The van der Waals surface area contributed by atoms with Crippen LogP contribution in [0.1, 0.15) is 56.8 Å². The second kappa shape index (κ2) is 14.5. The average Bonchev–Trinajstić information content (AvgIpc) is 3.68. The van der Waals surface area contributed by atoms with Crippen molar-refractivity contribution < 1.29 is 28.3 Å². The first-order valence-electron chi connectivity index (χ1n) is 17.1. The lowest BCUT2D eigenvalue weighted by Gasteiger charge is -2.32. The van der Waals surface area contributed by atoms with Crippen LogP contribution in [0.3, 0.4) is 0 Å². The van der Waals surface area contributed by atoms with E-state index < -0.39 is 22.6 Å². The van der Waals surface area contributed by atoms with Crippen LogP contribution < -0.4 is 15.4 Å². The molecule has 12 heteroatoms. The quantitative estimate of drug-likeness (QED) is 0.169. The Hall–Kier alpha value is -5.13. The normalized spacial score (nSPS) is 18.8. The number of hydrogen-bond acceptors (Lipinski definition) is 7. The zero-order valence-electron chi connectivity index (χ0n) is 30.2. The van der Waals surface area contributed by atoms with E-state index in [-0.39, 0.29) is 17.5 Å². The Morgan fingerprint density at radius 2 is 1.18 bits per heavy atom. The number of nitrogens with one attached hydrogen (secondary N) is 2. The topological polar surface area (TPSA) is 102 Å². The van der Waals surface area contributed by atoms with Gasteiger partial charge in [0.2, 0.25) is 11.8 Å². The number of halogens is 3. The van der Waals surface area contributed by atoms with Crippen molar-refractivity contribution in [3.8, 4) is 28.0 Å². The minimum atomic E-state index is -1.45. The van der Waals surface area contributed by atoms with Crippen LogP contribution >= 0.6 is 45.9 Å². The molecule has 0 aliphatic carbocycles. The Kier molecular flexibility index (Phi) is 10.1. The number of Topliss-reactive ketones (excluding diaryl/α,β-unsaturated/α-hetero) is 2. The third kappa shape index (κ3) is 6.37. The zero-order chi connectivity index (χ0) is 39.4. The number of anilines is 2. The Morgan fingerprint density at radius 3 is 1.76 bits per heavy atom. The summed E-state index contributed by atoms with van der Waals surface area (Å²) in [7, 11) is 1.55. The summed E-state index contributed by atoms with van der Waals surface area (Å²) < 4.78 is 19.5. The fraction of sp³-hybridized carbons (Fsp3) is 0.163. The second-order valence-corrected chi connectivity index (χ2v) is 16.9. The standard InChI is InChI=1S/C22H18ClNO3S.C21H15ClFNO2S/c1-12-7-4-5-10-15(12)16-17-18(25)22(2,13-8-6-9-14(11-13)27-3)21(26)24-20(17)28-19(16)23;1-11-3-5-12(6-4-11)15-16-17(25)21(2,13-7-9-14(23)10-8-13)20(26)24-19(16)27-18(15)22/h4-11H,1-3H3,(H,24,26);3-10H,1-2H3,(H,24,26). The summed E-state index contributed by atoms with van der Waals surface area (Å²) in [5.41, 5.74) is 4.17. The molecule has 2 unspecified atom stereocenters. The van der Waals surface area contributed by atoms with E-state index in [4.69, 9.17) is 27.9 Å². The van der Waals surface area contributed by atoms with Crippen LogP contribution in [-0.2, 0) is 20.4 Å². The molecule has 0 saturated heterocycles. The van der Waals surface area contributed by atoms with Gasteiger partial charge in [0, 0.05) is 11.1 Å². The summed E-state index contributed by atoms with van der Waals surface area (Å²) in [6, 6.07) is 28.0. The predicted molar refractivity (Wildman–Crippen MR) is 219 cm³/mol. The van der Waals surface area contributed by atoms with Gasteiger partial charge in [0.25, 0.3) is 0 Å². The van der Waals surface area contributed by atoms with Crippen LogP contribution in [0.5, 0.6) is 5.75 Å². The van der Waals surface area contributed by atoms with E-state index in [0.717, 1.165) is 22.3 Å². The molecule has 0 spiro atoms. The molecular weight excluding hydrogens is 779 g/mol. The molecule has 8 rings (SSSR count). The number of benzene rings is 4. The Bertz CT molecular complexity index is 2550. The van der Waals surface area contributed by atoms with E-state index in [2.05, 4.69) is 10.6 Å². The van der Waals surface area contributed by atoms with E-state index in [1.807, 2.05) is 62.4 Å². The third-order valence-electron chi connectivity index (χ3n) is 10.3. The maximum Gasteiger partial charge on any atom is 0.243 e. The number of carbonyl (C=O) groups excluding carboxylic acids is 4. The molecule has 0 bridgehead atoms. The van der Waals surface area contributed by atoms with Crippen molar-refractivity contribution in [3.63, 3.8) is 0 Å². The number of amides is 2. The molecule has 2 atom stereocenters. The number of carbonyl (C=O) groups is 4. The van der Waals surface area contributed by atoms with Gasteiger partial charge in [0.1, 0.15) is 41.1 Å². The first kappa shape index (κ1) is 38.2. The molecular formula is C43H33Cl2FN2O5S2. The SMILES string of the molecule is COc1cccc(C2(C)C(=O)Nc3sc(Cl)c(-c4ccccc4C)c3C2=O)c1.Cc1ccc(-c2c(Cl)sc3c2C(=O)C(C)(c2ccc(F)cc2)C(=O)N3)cc1. The Morgan fingerprint density at radius 1 is 0.636 bits per heavy atom. The molecule has 4 aromatic carbocycles. The van der Waals surface area contributed by atoms with Crippen molar-refractivity contribution in [2.24, 2.45) is 0 Å². The number of aryl methyl sites for hydroxylation is 2. The molecule has 278 valence electrons. The predicted octanol–water partition coefficient (Wildman–Crippen LogP) is 11.1. The summed E-state index contributed by atoms with van der Waals surface area (Å²) >= 11 is 15.4. The van der Waals surface area contributed by atoms with Crippen LogP contribution in [-0.4, -0.2) is 30.5 Å². The highest BCUT2D eigenvalue weighted by Crippen LogP contribution is 2.51. The summed E-state index contributed by atoms with van der Waals surface area (Å²) in [4.78, 5) is 53.0. The van der Waals surface area contributed by atoms with Gasteiger partial charge in [-0.2, -0.15) is 0 Å². The van der Waals surface area contributed by atoms with Gasteiger partial charge in [-0.1, -0.05) is 102 Å². The van der Waals surface area contributed by atoms with Crippen molar-refractivity contribution in [1.29, 1.82) is 0 Å². The van der Waals surface area contributed by atoms with Gasteiger partial charge in [0.05, 0.1) is 18.2 Å². The average molecular weight is 812 g/mol. The number of ether oxygens (including phenoxy) is 1. The number of thiophene rings is 2. The Balaban J connectivity index is 0.000000169. The molecule has 0 saturated carbocycles. The maximum atomic E-state index is 13.7. The molecule has 0 radical (unpaired) electrons. The minimum absolute atomic E-state index is 0.263. The first-order valence-corrected chi connectivity index (χ1v) is 19.5. The van der Waals surface area contributed by atoms with Gasteiger partial charge in [0.15, 0.2) is 11.6 Å². The highest BCUT2D eigenvalue weighted by molar-refractivity contribution is 7.21. The van der Waals surface area contributed by atoms with Crippen molar-refractivity contribution in [2.75, 3.05) is 17.7 Å². The highest BCUT2D eigenvalue weighted by atomic mass is 35.5. The number of methoxy groups -OCH3 is 1. The highest BCUT2D eigenvalue weighted by Gasteiger charge is 2.51. The molecule has 55 heavy (non-hydrogen) atoms. The fourth-order valence-electron chi connectivity index (χ4n) is 6.89. The smallest absolute Gasteiger partial charge is 0.243 e. The van der Waals surface area contributed by atoms with Crippen molar-refractivity contribution in [3.05, 3.63) is 145 Å². The van der Waals surface area contributed by atoms with Crippen LogP contribution in [0.2, 0.25) is 8.67 Å². The Labute approximate surface area is 335 Å². The van der Waals surface area contributed by atoms with Crippen LogP contribution in [0, 0.1) is 19.7 Å². The molecule has 6 aromatic rings. The van der Waals surface area contributed by atoms with Crippen molar-refractivity contribution in [1.82, 2.24) is 0 Å². The van der Waals surface area contributed by atoms with Crippen LogP contribution in [0.25, 0.3) is 22.3 Å². The number of rotatable bonds is 5. The second-order valence-electron chi connectivity index (χ2n) is 13.6. The molecule has 2 N–H and O–H groups in total. The lowest BCUT2D eigenvalue weighted by molar-refractivity contribution is -0.120. The van der Waals surface area contributed by atoms with E-state index in [9.17, 15) is 23.6 Å². The number of fused-ring (bicyclic) bond motifs is 2. The van der Waals surface area contributed by atoms with Crippen molar-refractivity contribution in [2.45, 2.75) is 38.5 Å². The van der Waals surface area contributed by atoms with E-state index in [1.54, 1.807) is 45.2 Å². The van der Waals surface area contributed by atoms with Gasteiger partial charge in [-0.25, -0.2) is 4.39 Å². The van der Waals surface area contributed by atoms with Gasteiger partial charge in [-0.3, -0.25) is 19.2 Å². The maximum absolute atomic E-state index is 13.7. The summed E-state index contributed by atoms with van der Waals surface area (Å²) in [5, 5.41) is 6.67. The number of hydrogen-bond donors (Lipinski definition) is 2. The van der Waals surface area contributed by atoms with Crippen LogP contribution in [0.4, 0.5) is 14.4 Å². The minimum Gasteiger partial charge on any atom is -0.497 e. The van der Waals surface area contributed by atoms with Gasteiger partial charge >= 0.3 is 0 Å². The summed E-state index contributed by atoms with van der Waals surface area (Å²) in [6.45, 7) is 7.16. The lowest BCUT2D eigenvalue weighted by atomic mass is 9.72. The summed E-state index contributed by atoms with van der Waals surface area (Å²) in [5.74, 6) is -1.25. The monoisotopic (exact) mass is 810 g/mol. The zero-order valence-corrected chi connectivity index (χ0v) is 33.4. The van der Waals surface area contributed by atoms with E-state index in [0.29, 0.717) is 57.8 Å². The third-order valence-corrected chi connectivity index (χ3v) is 12.9. The van der Waals surface area contributed by atoms with E-state index in [1.165, 1.54) is 46.9 Å². The molecule has 2 aliphatic heterocycles. The fourth-order valence-corrected chi connectivity index (χ4v) is 9.63. The van der Waals surface area contributed by atoms with Gasteiger partial charge < -0.3 is 15.4 Å². The van der Waals surface area contributed by atoms with E-state index >= 15 is 0 Å². The first-order chi connectivity index (χ1) is 26.2. The molecule has 0 fully saturated rings. The van der Waals surface area contributed by atoms with Crippen molar-refractivity contribution >= 4 is 79.3 Å². The largest absolute Gasteiger partial charge is 0.497 e. The van der Waals surface area contributed by atoms with Crippen LogP contribution in [0.15, 0.2) is 97.1 Å². The van der Waals surface area contributed by atoms with Gasteiger partial charge in [-0.05, 0) is 79.8 Å². The molecule has 2 aromatic heterocycles. The van der Waals surface area contributed by atoms with Gasteiger partial charge in [-0.15, -0.1) is 22.7 Å². The molecule has 2 aliphatic rings. The molecule has 4 heterocycles. The number of ketones is 2. The molecule has 2 amide bonds. The summed E-state index contributed by atoms with van der Waals surface area (Å²) in [6.07, 6.45) is 0. The lowest BCUT2D eigenvalue weighted by Crippen LogP contribution is -2.48.